The second kappa shape index (κ2) is 5.77. The lowest BCUT2D eigenvalue weighted by Crippen LogP contribution is -2.50. The fourth-order valence-corrected chi connectivity index (χ4v) is 3.13. The number of amides is 1. The Bertz CT molecular complexity index is 652. The van der Waals surface area contributed by atoms with Crippen molar-refractivity contribution in [3.63, 3.8) is 0 Å². The summed E-state index contributed by atoms with van der Waals surface area (Å²) in [5, 5.41) is 0. The Labute approximate surface area is 124 Å². The average molecular weight is 284 g/mol. The lowest BCUT2D eigenvalue weighted by molar-refractivity contribution is 0.0674. The maximum Gasteiger partial charge on any atom is 0.256 e. The van der Waals surface area contributed by atoms with Crippen molar-refractivity contribution < 1.29 is 4.79 Å². The molecule has 1 heterocycles. The van der Waals surface area contributed by atoms with Gasteiger partial charge in [0.15, 0.2) is 0 Å². The van der Waals surface area contributed by atoms with E-state index in [-0.39, 0.29) is 18.0 Å². The van der Waals surface area contributed by atoms with E-state index in [0.717, 1.165) is 31.2 Å². The molecule has 110 valence electrons. The monoisotopic (exact) mass is 284 g/mol. The Morgan fingerprint density at radius 2 is 2.00 bits per heavy atom. The number of benzene rings is 1. The van der Waals surface area contributed by atoms with Crippen molar-refractivity contribution in [2.45, 2.75) is 37.8 Å². The van der Waals surface area contributed by atoms with Gasteiger partial charge in [-0.3, -0.25) is 14.8 Å². The summed E-state index contributed by atoms with van der Waals surface area (Å²) in [7, 11) is 1.84. The molecule has 0 bridgehead atoms. The van der Waals surface area contributed by atoms with Crippen LogP contribution in [-0.4, -0.2) is 39.9 Å². The van der Waals surface area contributed by atoms with Gasteiger partial charge in [0.05, 0.1) is 11.1 Å². The van der Waals surface area contributed by atoms with Crippen LogP contribution >= 0.6 is 0 Å². The summed E-state index contributed by atoms with van der Waals surface area (Å²) in [6.45, 7) is 0. The number of rotatable bonds is 2. The first-order valence-electron chi connectivity index (χ1n) is 7.41. The van der Waals surface area contributed by atoms with Gasteiger partial charge in [0.2, 0.25) is 0 Å². The molecule has 21 heavy (non-hydrogen) atoms. The quantitative estimate of drug-likeness (QED) is 0.915. The van der Waals surface area contributed by atoms with Crippen molar-refractivity contribution in [3.05, 3.63) is 36.2 Å². The zero-order valence-corrected chi connectivity index (χ0v) is 12.2. The minimum atomic E-state index is -0.0246. The third-order valence-electron chi connectivity index (χ3n) is 4.33. The summed E-state index contributed by atoms with van der Waals surface area (Å²) < 4.78 is 0. The van der Waals surface area contributed by atoms with E-state index in [4.69, 9.17) is 5.73 Å². The molecule has 2 unspecified atom stereocenters. The van der Waals surface area contributed by atoms with Gasteiger partial charge in [-0.15, -0.1) is 0 Å². The van der Waals surface area contributed by atoms with Crippen LogP contribution in [0.4, 0.5) is 0 Å². The number of carbonyl (C=O) groups excluding carboxylic acids is 1. The molecule has 2 N–H and O–H groups in total. The van der Waals surface area contributed by atoms with Crippen LogP contribution in [0.15, 0.2) is 30.6 Å². The molecule has 5 heteroatoms. The second-order valence-electron chi connectivity index (χ2n) is 5.66. The number of aromatic nitrogens is 2. The molecule has 1 saturated carbocycles. The lowest BCUT2D eigenvalue weighted by Gasteiger charge is -2.36. The fourth-order valence-electron chi connectivity index (χ4n) is 3.13. The number of para-hydroxylation sites is 1. The second-order valence-corrected chi connectivity index (χ2v) is 5.66. The van der Waals surface area contributed by atoms with Gasteiger partial charge < -0.3 is 10.6 Å². The molecule has 0 radical (unpaired) electrons. The van der Waals surface area contributed by atoms with E-state index in [2.05, 4.69) is 9.97 Å². The third-order valence-corrected chi connectivity index (χ3v) is 4.33. The topological polar surface area (TPSA) is 72.1 Å². The van der Waals surface area contributed by atoms with Crippen molar-refractivity contribution in [1.29, 1.82) is 0 Å². The molecule has 2 aromatic rings. The highest BCUT2D eigenvalue weighted by Crippen LogP contribution is 2.23. The average Bonchev–Trinajstić information content (AvgIpc) is 2.53. The van der Waals surface area contributed by atoms with Gasteiger partial charge in [-0.25, -0.2) is 0 Å². The molecular weight excluding hydrogens is 264 g/mol. The first-order chi connectivity index (χ1) is 10.2. The van der Waals surface area contributed by atoms with E-state index in [1.165, 1.54) is 0 Å². The Kier molecular flexibility index (Phi) is 3.84. The number of nitrogens with zero attached hydrogens (tertiary/aromatic N) is 3. The lowest BCUT2D eigenvalue weighted by atomic mass is 9.89. The molecule has 2 atom stereocenters. The number of nitrogens with two attached hydrogens (primary N) is 1. The number of likely N-dealkylation sites (N-methyl/N-ethyl adjacent to an activating group) is 1. The van der Waals surface area contributed by atoms with Gasteiger partial charge >= 0.3 is 0 Å². The molecule has 0 spiro atoms. The van der Waals surface area contributed by atoms with Crippen molar-refractivity contribution >= 4 is 16.9 Å². The first-order valence-corrected chi connectivity index (χ1v) is 7.41. The van der Waals surface area contributed by atoms with Crippen LogP contribution in [-0.2, 0) is 0 Å². The summed E-state index contributed by atoms with van der Waals surface area (Å²) in [5.41, 5.74) is 8.18. The van der Waals surface area contributed by atoms with Crippen LogP contribution in [0, 0.1) is 0 Å². The summed E-state index contributed by atoms with van der Waals surface area (Å²) in [5.74, 6) is -0.0246. The van der Waals surface area contributed by atoms with Crippen molar-refractivity contribution in [2.75, 3.05) is 7.05 Å². The molecule has 1 aromatic carbocycles. The van der Waals surface area contributed by atoms with Crippen LogP contribution in [0.3, 0.4) is 0 Å². The molecule has 0 saturated heterocycles. The molecule has 1 aliphatic carbocycles. The standard InChI is InChI=1S/C16H20N4O/c1-20(14-8-3-2-6-12(14)17)16(21)11-5-4-7-13-15(11)19-10-9-18-13/h4-5,7,9-10,12,14H,2-3,6,8,17H2,1H3. The molecule has 5 nitrogen and oxygen atoms in total. The first kappa shape index (κ1) is 13.9. The van der Waals surface area contributed by atoms with E-state index in [9.17, 15) is 4.79 Å². The molecule has 1 amide bonds. The molecule has 1 aromatic heterocycles. The molecular formula is C16H20N4O. The Balaban J connectivity index is 1.93. The molecule has 1 aliphatic rings. The molecule has 1 fully saturated rings. The van der Waals surface area contributed by atoms with Crippen LogP contribution in [0.25, 0.3) is 11.0 Å². The van der Waals surface area contributed by atoms with Gasteiger partial charge in [0.25, 0.3) is 5.91 Å². The van der Waals surface area contributed by atoms with Gasteiger partial charge in [0.1, 0.15) is 5.52 Å². The highest BCUT2D eigenvalue weighted by atomic mass is 16.2. The number of fused-ring (bicyclic) bond motifs is 1. The number of hydrogen-bond acceptors (Lipinski definition) is 4. The van der Waals surface area contributed by atoms with E-state index in [1.807, 2.05) is 25.2 Å². The Hall–Kier alpha value is -2.01. The number of hydrogen-bond donors (Lipinski definition) is 1. The zero-order valence-electron chi connectivity index (χ0n) is 12.2. The van der Waals surface area contributed by atoms with Gasteiger partial charge in [-0.1, -0.05) is 18.9 Å². The van der Waals surface area contributed by atoms with Crippen LogP contribution in [0.1, 0.15) is 36.0 Å². The minimum Gasteiger partial charge on any atom is -0.337 e. The molecule has 0 aliphatic heterocycles. The fraction of sp³-hybridized carbons (Fsp3) is 0.438. The van der Waals surface area contributed by atoms with E-state index < -0.39 is 0 Å². The highest BCUT2D eigenvalue weighted by Gasteiger charge is 2.29. The summed E-state index contributed by atoms with van der Waals surface area (Å²) >= 11 is 0. The number of carbonyl (C=O) groups is 1. The Morgan fingerprint density at radius 1 is 1.24 bits per heavy atom. The van der Waals surface area contributed by atoms with E-state index >= 15 is 0 Å². The zero-order chi connectivity index (χ0) is 14.8. The minimum absolute atomic E-state index is 0.0246. The summed E-state index contributed by atoms with van der Waals surface area (Å²) in [4.78, 5) is 23.2. The van der Waals surface area contributed by atoms with Crippen molar-refractivity contribution in [2.24, 2.45) is 5.73 Å². The normalized spacial score (nSPS) is 22.2. The smallest absolute Gasteiger partial charge is 0.256 e. The maximum atomic E-state index is 12.8. The van der Waals surface area contributed by atoms with Gasteiger partial charge in [-0.05, 0) is 25.0 Å². The van der Waals surface area contributed by atoms with Gasteiger partial charge in [-0.2, -0.15) is 0 Å². The maximum absolute atomic E-state index is 12.8. The van der Waals surface area contributed by atoms with Crippen LogP contribution in [0.5, 0.6) is 0 Å². The van der Waals surface area contributed by atoms with Crippen molar-refractivity contribution in [1.82, 2.24) is 14.9 Å². The predicted molar refractivity (Wildman–Crippen MR) is 81.9 cm³/mol. The SMILES string of the molecule is CN(C(=O)c1cccc2nccnc12)C1CCCCC1N. The molecule has 3 rings (SSSR count). The summed E-state index contributed by atoms with van der Waals surface area (Å²) in [6.07, 6.45) is 7.49. The van der Waals surface area contributed by atoms with Gasteiger partial charge in [0, 0.05) is 31.5 Å². The van der Waals surface area contributed by atoms with Crippen molar-refractivity contribution in [3.8, 4) is 0 Å². The van der Waals surface area contributed by atoms with E-state index in [0.29, 0.717) is 11.1 Å². The van der Waals surface area contributed by atoms with E-state index in [1.54, 1.807) is 17.3 Å². The van der Waals surface area contributed by atoms with Crippen LogP contribution < -0.4 is 5.73 Å². The highest BCUT2D eigenvalue weighted by molar-refractivity contribution is 6.04. The Morgan fingerprint density at radius 3 is 2.81 bits per heavy atom. The third kappa shape index (κ3) is 2.61. The largest absolute Gasteiger partial charge is 0.337 e. The van der Waals surface area contributed by atoms with Crippen LogP contribution in [0.2, 0.25) is 0 Å². The summed E-state index contributed by atoms with van der Waals surface area (Å²) in [6, 6.07) is 5.70. The predicted octanol–water partition coefficient (Wildman–Crippen LogP) is 1.97.